The van der Waals surface area contributed by atoms with Gasteiger partial charge in [-0.2, -0.15) is 0 Å². The number of hydrogen-bond acceptors (Lipinski definition) is 5. The lowest BCUT2D eigenvalue weighted by atomic mass is 9.95. The first-order valence-corrected chi connectivity index (χ1v) is 11.5. The summed E-state index contributed by atoms with van der Waals surface area (Å²) in [5, 5.41) is 3.45. The van der Waals surface area contributed by atoms with Gasteiger partial charge in [0.1, 0.15) is 23.0 Å². The Kier molecular flexibility index (Phi) is 4.66. The van der Waals surface area contributed by atoms with Crippen LogP contribution in [0.4, 0.5) is 5.69 Å². The second-order valence-corrected chi connectivity index (χ2v) is 8.95. The van der Waals surface area contributed by atoms with E-state index in [0.29, 0.717) is 34.0 Å². The van der Waals surface area contributed by atoms with Gasteiger partial charge in [0.2, 0.25) is 0 Å². The highest BCUT2D eigenvalue weighted by molar-refractivity contribution is 6.40. The Balaban J connectivity index is 1.37. The van der Waals surface area contributed by atoms with E-state index in [0.717, 1.165) is 42.0 Å². The molecule has 168 valence electrons. The zero-order chi connectivity index (χ0) is 23.4. The summed E-state index contributed by atoms with van der Waals surface area (Å²) in [5.41, 5.74) is 6.27. The Hall–Kier alpha value is -4.12. The lowest BCUT2D eigenvalue weighted by Crippen LogP contribution is -2.13. The summed E-state index contributed by atoms with van der Waals surface area (Å²) in [6, 6.07) is 11.2. The first-order chi connectivity index (χ1) is 16.5. The quantitative estimate of drug-likeness (QED) is 0.433. The number of rotatable bonds is 1. The molecule has 2 aromatic carbocycles. The Labute approximate surface area is 197 Å². The van der Waals surface area contributed by atoms with Crippen LogP contribution in [0.5, 0.6) is 5.75 Å². The average Bonchev–Trinajstić information content (AvgIpc) is 3.08. The number of allylic oxidation sites excluding steroid dienone is 8. The minimum Gasteiger partial charge on any atom is -0.462 e. The van der Waals surface area contributed by atoms with Gasteiger partial charge >= 0.3 is 0 Å². The fraction of sp³-hybridized carbons (Fsp3) is 0.172. The van der Waals surface area contributed by atoms with Crippen LogP contribution in [0.2, 0.25) is 0 Å². The van der Waals surface area contributed by atoms with E-state index in [1.54, 1.807) is 49.4 Å². The van der Waals surface area contributed by atoms with E-state index < -0.39 is 0 Å². The SMILES string of the molecule is CC1=CC(=C2C(=O)c3ccccc3C2=O)C=C(C=C2C=C(C)c3cc4c(cc3O2)NCCC4)O1. The van der Waals surface area contributed by atoms with Gasteiger partial charge < -0.3 is 14.8 Å². The van der Waals surface area contributed by atoms with Crippen LogP contribution in [0.1, 0.15) is 52.1 Å². The van der Waals surface area contributed by atoms with Gasteiger partial charge in [0.25, 0.3) is 0 Å². The van der Waals surface area contributed by atoms with Crippen molar-refractivity contribution in [3.8, 4) is 5.75 Å². The second kappa shape index (κ2) is 7.73. The maximum atomic E-state index is 13.0. The highest BCUT2D eigenvalue weighted by Crippen LogP contribution is 2.39. The Morgan fingerprint density at radius 3 is 2.44 bits per heavy atom. The van der Waals surface area contributed by atoms with Gasteiger partial charge in [-0.3, -0.25) is 9.59 Å². The topological polar surface area (TPSA) is 64.6 Å². The van der Waals surface area contributed by atoms with Crippen LogP contribution in [0.25, 0.3) is 5.57 Å². The predicted molar refractivity (Wildman–Crippen MR) is 131 cm³/mol. The number of ketones is 2. The van der Waals surface area contributed by atoms with Crippen molar-refractivity contribution < 1.29 is 19.1 Å². The lowest BCUT2D eigenvalue weighted by molar-refractivity contribution is 0.0988. The molecule has 0 saturated carbocycles. The molecule has 4 aliphatic rings. The fourth-order valence-electron chi connectivity index (χ4n) is 4.94. The lowest BCUT2D eigenvalue weighted by Gasteiger charge is -2.24. The first kappa shape index (κ1) is 20.5. The van der Waals surface area contributed by atoms with Crippen LogP contribution in [0.15, 0.2) is 89.1 Å². The van der Waals surface area contributed by atoms with Crippen molar-refractivity contribution in [2.75, 3.05) is 11.9 Å². The standard InChI is InChI=1S/C29H23NO4/c1-16-10-20(34-26-15-25-18(13-24(16)26)6-5-9-30-25)14-21-12-19(11-17(2)33-21)27-28(31)22-7-3-4-8-23(22)29(27)32/h3-4,7-8,10-15,30H,5-6,9H2,1-2H3. The molecule has 0 unspecified atom stereocenters. The molecule has 0 fully saturated rings. The third kappa shape index (κ3) is 3.32. The molecule has 1 N–H and O–H groups in total. The third-order valence-corrected chi connectivity index (χ3v) is 6.53. The number of anilines is 1. The molecule has 0 spiro atoms. The van der Waals surface area contributed by atoms with Crippen LogP contribution < -0.4 is 10.1 Å². The maximum Gasteiger partial charge on any atom is 0.198 e. The Morgan fingerprint density at radius 2 is 1.68 bits per heavy atom. The number of benzene rings is 2. The van der Waals surface area contributed by atoms with E-state index in [-0.39, 0.29) is 17.1 Å². The number of hydrogen-bond donors (Lipinski definition) is 1. The number of carbonyl (C=O) groups is 2. The molecule has 6 rings (SSSR count). The van der Waals surface area contributed by atoms with E-state index in [1.807, 2.05) is 6.08 Å². The summed E-state index contributed by atoms with van der Waals surface area (Å²) in [7, 11) is 0. The van der Waals surface area contributed by atoms with Gasteiger partial charge in [0.05, 0.1) is 5.57 Å². The van der Waals surface area contributed by atoms with Crippen molar-refractivity contribution in [2.45, 2.75) is 26.7 Å². The monoisotopic (exact) mass is 449 g/mol. The number of aryl methyl sites for hydroxylation is 1. The molecule has 5 nitrogen and oxygen atoms in total. The molecule has 1 aliphatic carbocycles. The molecule has 34 heavy (non-hydrogen) atoms. The van der Waals surface area contributed by atoms with E-state index in [9.17, 15) is 9.59 Å². The largest absolute Gasteiger partial charge is 0.462 e. The fourth-order valence-corrected chi connectivity index (χ4v) is 4.94. The minimum atomic E-state index is -0.249. The summed E-state index contributed by atoms with van der Waals surface area (Å²) in [5.74, 6) is 2.05. The molecule has 3 heterocycles. The summed E-state index contributed by atoms with van der Waals surface area (Å²) in [4.78, 5) is 25.9. The van der Waals surface area contributed by atoms with E-state index in [2.05, 4.69) is 24.4 Å². The summed E-state index contributed by atoms with van der Waals surface area (Å²) in [6.45, 7) is 4.84. The van der Waals surface area contributed by atoms with Gasteiger partial charge in [-0.1, -0.05) is 24.3 Å². The van der Waals surface area contributed by atoms with E-state index in [1.165, 1.54) is 5.56 Å². The van der Waals surface area contributed by atoms with Crippen LogP contribution in [-0.2, 0) is 11.2 Å². The summed E-state index contributed by atoms with van der Waals surface area (Å²) < 4.78 is 12.1. The molecule has 0 amide bonds. The first-order valence-electron chi connectivity index (χ1n) is 11.5. The van der Waals surface area contributed by atoms with Gasteiger partial charge in [-0.05, 0) is 67.7 Å². The Morgan fingerprint density at radius 1 is 0.912 bits per heavy atom. The molecule has 3 aliphatic heterocycles. The van der Waals surface area contributed by atoms with Crippen LogP contribution in [0.3, 0.4) is 0 Å². The highest BCUT2D eigenvalue weighted by Gasteiger charge is 2.35. The molecule has 0 saturated heterocycles. The van der Waals surface area contributed by atoms with Crippen molar-refractivity contribution in [1.82, 2.24) is 0 Å². The number of carbonyl (C=O) groups excluding carboxylic acids is 2. The van der Waals surface area contributed by atoms with Gasteiger partial charge in [0, 0.05) is 41.1 Å². The van der Waals surface area contributed by atoms with Crippen LogP contribution in [-0.4, -0.2) is 18.1 Å². The zero-order valence-corrected chi connectivity index (χ0v) is 19.0. The van der Waals surface area contributed by atoms with Crippen molar-refractivity contribution in [3.05, 3.63) is 111 Å². The number of fused-ring (bicyclic) bond motifs is 3. The smallest absolute Gasteiger partial charge is 0.198 e. The molecule has 0 atom stereocenters. The van der Waals surface area contributed by atoms with Gasteiger partial charge in [0.15, 0.2) is 11.6 Å². The predicted octanol–water partition coefficient (Wildman–Crippen LogP) is 5.92. The number of ether oxygens (including phenoxy) is 2. The Bertz CT molecular complexity index is 1410. The number of Topliss-reactive ketones (excluding diaryl/α,β-unsaturated/α-hetero) is 2. The average molecular weight is 450 g/mol. The molecule has 0 bridgehead atoms. The molecule has 0 radical (unpaired) electrons. The van der Waals surface area contributed by atoms with Crippen molar-refractivity contribution in [3.63, 3.8) is 0 Å². The van der Waals surface area contributed by atoms with Gasteiger partial charge in [-0.25, -0.2) is 0 Å². The van der Waals surface area contributed by atoms with E-state index in [4.69, 9.17) is 9.47 Å². The molecule has 2 aromatic rings. The van der Waals surface area contributed by atoms with Crippen LogP contribution in [0, 0.1) is 0 Å². The van der Waals surface area contributed by atoms with Crippen molar-refractivity contribution in [2.24, 2.45) is 0 Å². The zero-order valence-electron chi connectivity index (χ0n) is 19.0. The highest BCUT2D eigenvalue weighted by atomic mass is 16.5. The van der Waals surface area contributed by atoms with E-state index >= 15 is 0 Å². The molecular formula is C29H23NO4. The molecule has 5 heteroatoms. The molecule has 0 aromatic heterocycles. The minimum absolute atomic E-state index is 0.180. The van der Waals surface area contributed by atoms with Crippen molar-refractivity contribution in [1.29, 1.82) is 0 Å². The normalized spacial score (nSPS) is 19.8. The summed E-state index contributed by atoms with van der Waals surface area (Å²) >= 11 is 0. The number of nitrogens with one attached hydrogen (secondary N) is 1. The van der Waals surface area contributed by atoms with Crippen LogP contribution >= 0.6 is 0 Å². The third-order valence-electron chi connectivity index (χ3n) is 6.53. The molecular weight excluding hydrogens is 426 g/mol. The van der Waals surface area contributed by atoms with Crippen molar-refractivity contribution >= 4 is 22.8 Å². The van der Waals surface area contributed by atoms with Gasteiger partial charge in [-0.15, -0.1) is 0 Å². The maximum absolute atomic E-state index is 13.0. The second-order valence-electron chi connectivity index (χ2n) is 8.95. The summed E-state index contributed by atoms with van der Waals surface area (Å²) in [6.07, 6.45) is 9.44.